The predicted molar refractivity (Wildman–Crippen MR) is 57.1 cm³/mol. The van der Waals surface area contributed by atoms with Crippen LogP contribution in [0.2, 0.25) is 0 Å². The predicted octanol–water partition coefficient (Wildman–Crippen LogP) is 4.03. The molecule has 0 aromatic rings. The van der Waals surface area contributed by atoms with E-state index in [0.29, 0.717) is 0 Å². The van der Waals surface area contributed by atoms with Crippen molar-refractivity contribution in [1.29, 1.82) is 0 Å². The van der Waals surface area contributed by atoms with Crippen LogP contribution in [0.25, 0.3) is 0 Å². The molecule has 0 saturated heterocycles. The van der Waals surface area contributed by atoms with Crippen LogP contribution in [0.3, 0.4) is 0 Å². The van der Waals surface area contributed by atoms with Crippen molar-refractivity contribution in [3.8, 4) is 0 Å². The van der Waals surface area contributed by atoms with Crippen molar-refractivity contribution in [2.75, 3.05) is 0 Å². The van der Waals surface area contributed by atoms with Gasteiger partial charge >= 0.3 is 0 Å². The average molecular weight is 162 g/mol. The number of rotatable bonds is 7. The van der Waals surface area contributed by atoms with E-state index in [1.807, 2.05) is 12.2 Å². The van der Waals surface area contributed by atoms with E-state index in [2.05, 4.69) is 26.3 Å². The van der Waals surface area contributed by atoms with Crippen LogP contribution in [-0.2, 0) is 0 Å². The molecule has 0 atom stereocenters. The Morgan fingerprint density at radius 3 is 1.42 bits per heavy atom. The van der Waals surface area contributed by atoms with Gasteiger partial charge in [-0.05, 0) is 25.7 Å². The van der Waals surface area contributed by atoms with Crippen LogP contribution in [0.5, 0.6) is 0 Å². The van der Waals surface area contributed by atoms with Gasteiger partial charge in [-0.25, -0.2) is 0 Å². The van der Waals surface area contributed by atoms with E-state index >= 15 is 0 Å². The Morgan fingerprint density at radius 2 is 1.17 bits per heavy atom. The SMILES string of the molecule is C=CCC(=C)CCC(=C)CC=C. The summed E-state index contributed by atoms with van der Waals surface area (Å²) < 4.78 is 0. The topological polar surface area (TPSA) is 0 Å². The second-order valence-electron chi connectivity index (χ2n) is 2.99. The van der Waals surface area contributed by atoms with Gasteiger partial charge in [0.15, 0.2) is 0 Å². The summed E-state index contributed by atoms with van der Waals surface area (Å²) in [5.74, 6) is 0. The first-order chi connectivity index (χ1) is 5.70. The van der Waals surface area contributed by atoms with Gasteiger partial charge < -0.3 is 0 Å². The molecule has 0 rings (SSSR count). The Balaban J connectivity index is 3.53. The third-order valence-corrected chi connectivity index (χ3v) is 1.70. The lowest BCUT2D eigenvalue weighted by molar-refractivity contribution is 0.884. The van der Waals surface area contributed by atoms with Gasteiger partial charge in [-0.2, -0.15) is 0 Å². The van der Waals surface area contributed by atoms with Crippen LogP contribution in [-0.4, -0.2) is 0 Å². The fourth-order valence-electron chi connectivity index (χ4n) is 0.966. The Bertz CT molecular complexity index is 162. The maximum absolute atomic E-state index is 3.94. The maximum Gasteiger partial charge on any atom is -0.0144 e. The summed E-state index contributed by atoms with van der Waals surface area (Å²) in [7, 11) is 0. The van der Waals surface area contributed by atoms with Crippen LogP contribution in [0.4, 0.5) is 0 Å². The van der Waals surface area contributed by atoms with Gasteiger partial charge in [0.1, 0.15) is 0 Å². The molecule has 0 fully saturated rings. The monoisotopic (exact) mass is 162 g/mol. The van der Waals surface area contributed by atoms with Gasteiger partial charge in [0.2, 0.25) is 0 Å². The normalized spacial score (nSPS) is 9.00. The van der Waals surface area contributed by atoms with E-state index in [9.17, 15) is 0 Å². The largest absolute Gasteiger partial charge is 0.103 e. The van der Waals surface area contributed by atoms with Crippen molar-refractivity contribution in [2.45, 2.75) is 25.7 Å². The Kier molecular flexibility index (Phi) is 6.08. The first-order valence-electron chi connectivity index (χ1n) is 4.25. The summed E-state index contributed by atoms with van der Waals surface area (Å²) >= 11 is 0. The van der Waals surface area contributed by atoms with Crippen LogP contribution in [0.15, 0.2) is 49.6 Å². The highest BCUT2D eigenvalue weighted by Crippen LogP contribution is 2.14. The lowest BCUT2D eigenvalue weighted by Crippen LogP contribution is -1.83. The summed E-state index contributed by atoms with van der Waals surface area (Å²) in [5, 5.41) is 0. The van der Waals surface area contributed by atoms with Crippen LogP contribution in [0.1, 0.15) is 25.7 Å². The molecule has 0 aliphatic heterocycles. The fraction of sp³-hybridized carbons (Fsp3) is 0.333. The van der Waals surface area contributed by atoms with Crippen molar-refractivity contribution >= 4 is 0 Å². The molecule has 0 saturated carbocycles. The fourth-order valence-corrected chi connectivity index (χ4v) is 0.966. The number of hydrogen-bond acceptors (Lipinski definition) is 0. The standard InChI is InChI=1S/C12H18/c1-5-7-11(3)9-10-12(4)8-6-2/h5-6H,1-4,7-10H2. The smallest absolute Gasteiger partial charge is 0.0144 e. The Labute approximate surface area is 76.0 Å². The van der Waals surface area contributed by atoms with E-state index in [1.54, 1.807) is 0 Å². The van der Waals surface area contributed by atoms with Gasteiger partial charge in [0.05, 0.1) is 0 Å². The second kappa shape index (κ2) is 6.66. The molecule has 0 spiro atoms. The van der Waals surface area contributed by atoms with E-state index < -0.39 is 0 Å². The van der Waals surface area contributed by atoms with E-state index in [-0.39, 0.29) is 0 Å². The molecule has 0 heteroatoms. The molecule has 0 bridgehead atoms. The third-order valence-electron chi connectivity index (χ3n) is 1.70. The van der Waals surface area contributed by atoms with Crippen molar-refractivity contribution in [1.82, 2.24) is 0 Å². The quantitative estimate of drug-likeness (QED) is 0.496. The zero-order chi connectivity index (χ0) is 9.40. The summed E-state index contributed by atoms with van der Waals surface area (Å²) in [6.45, 7) is 15.2. The van der Waals surface area contributed by atoms with E-state index in [0.717, 1.165) is 25.7 Å². The molecule has 0 unspecified atom stereocenters. The molecular formula is C12H18. The zero-order valence-electron chi connectivity index (χ0n) is 7.81. The minimum absolute atomic E-state index is 0.918. The Hall–Kier alpha value is -1.04. The second-order valence-corrected chi connectivity index (χ2v) is 2.99. The van der Waals surface area contributed by atoms with Gasteiger partial charge in [0.25, 0.3) is 0 Å². The maximum atomic E-state index is 3.94. The minimum atomic E-state index is 0.918. The van der Waals surface area contributed by atoms with Crippen molar-refractivity contribution < 1.29 is 0 Å². The van der Waals surface area contributed by atoms with E-state index in [4.69, 9.17) is 0 Å². The molecule has 66 valence electrons. The lowest BCUT2D eigenvalue weighted by Gasteiger charge is -2.03. The molecule has 12 heavy (non-hydrogen) atoms. The van der Waals surface area contributed by atoms with Crippen LogP contribution < -0.4 is 0 Å². The molecule has 0 amide bonds. The summed E-state index contributed by atoms with van der Waals surface area (Å²) in [5.41, 5.74) is 2.46. The first kappa shape index (κ1) is 11.0. The highest BCUT2D eigenvalue weighted by molar-refractivity contribution is 5.06. The van der Waals surface area contributed by atoms with Crippen LogP contribution in [0, 0.1) is 0 Å². The van der Waals surface area contributed by atoms with Gasteiger partial charge in [-0.3, -0.25) is 0 Å². The van der Waals surface area contributed by atoms with Gasteiger partial charge in [-0.1, -0.05) is 36.5 Å². The van der Waals surface area contributed by atoms with Crippen molar-refractivity contribution in [3.05, 3.63) is 49.6 Å². The number of hydrogen-bond donors (Lipinski definition) is 0. The average Bonchev–Trinajstić information content (AvgIpc) is 2.02. The highest BCUT2D eigenvalue weighted by Gasteiger charge is 1.94. The number of allylic oxidation sites excluding steroid dienone is 4. The molecule has 0 aromatic carbocycles. The summed E-state index contributed by atoms with van der Waals surface area (Å²) in [6.07, 6.45) is 7.66. The highest BCUT2D eigenvalue weighted by atomic mass is 14.0. The van der Waals surface area contributed by atoms with Crippen molar-refractivity contribution in [3.63, 3.8) is 0 Å². The molecular weight excluding hydrogens is 144 g/mol. The minimum Gasteiger partial charge on any atom is -0.103 e. The molecule has 0 radical (unpaired) electrons. The Morgan fingerprint density at radius 1 is 0.833 bits per heavy atom. The molecule has 0 aliphatic carbocycles. The van der Waals surface area contributed by atoms with Crippen molar-refractivity contribution in [2.24, 2.45) is 0 Å². The first-order valence-corrected chi connectivity index (χ1v) is 4.25. The molecule has 0 aliphatic rings. The van der Waals surface area contributed by atoms with Gasteiger partial charge in [-0.15, -0.1) is 13.2 Å². The van der Waals surface area contributed by atoms with E-state index in [1.165, 1.54) is 11.1 Å². The summed E-state index contributed by atoms with van der Waals surface area (Å²) in [4.78, 5) is 0. The molecule has 0 aromatic heterocycles. The van der Waals surface area contributed by atoms with Crippen LogP contribution >= 0.6 is 0 Å². The summed E-state index contributed by atoms with van der Waals surface area (Å²) in [6, 6.07) is 0. The lowest BCUT2D eigenvalue weighted by atomic mass is 10.0. The molecule has 0 N–H and O–H groups in total. The molecule has 0 heterocycles. The third kappa shape index (κ3) is 5.72. The molecule has 0 nitrogen and oxygen atoms in total. The zero-order valence-corrected chi connectivity index (χ0v) is 7.81. The van der Waals surface area contributed by atoms with Gasteiger partial charge in [0, 0.05) is 0 Å².